The summed E-state index contributed by atoms with van der Waals surface area (Å²) in [6.07, 6.45) is 0.797. The molecular formula is C18H19N3O5S. The van der Waals surface area contributed by atoms with E-state index in [0.717, 1.165) is 0 Å². The molecule has 0 aliphatic carbocycles. The molecule has 9 heteroatoms. The number of benzene rings is 1. The van der Waals surface area contributed by atoms with Crippen LogP contribution in [0.4, 0.5) is 5.13 Å². The number of hydrogen-bond acceptors (Lipinski definition) is 7. The molecule has 0 aliphatic heterocycles. The highest BCUT2D eigenvalue weighted by atomic mass is 32.1. The Bertz CT molecular complexity index is 1000. The van der Waals surface area contributed by atoms with Crippen LogP contribution in [0.3, 0.4) is 0 Å². The molecule has 0 aliphatic rings. The zero-order valence-corrected chi connectivity index (χ0v) is 15.6. The van der Waals surface area contributed by atoms with Gasteiger partial charge in [0.2, 0.25) is 5.91 Å². The van der Waals surface area contributed by atoms with Crippen LogP contribution in [0.5, 0.6) is 0 Å². The minimum atomic E-state index is -0.430. The van der Waals surface area contributed by atoms with Crippen molar-refractivity contribution in [3.8, 4) is 0 Å². The lowest BCUT2D eigenvalue weighted by Gasteiger charge is -2.03. The van der Waals surface area contributed by atoms with E-state index in [4.69, 9.17) is 9.15 Å². The third kappa shape index (κ3) is 4.82. The second kappa shape index (κ2) is 8.63. The lowest BCUT2D eigenvalue weighted by molar-refractivity contribution is -0.142. The summed E-state index contributed by atoms with van der Waals surface area (Å²) in [5.74, 6) is -0.980. The predicted octanol–water partition coefficient (Wildman–Crippen LogP) is 2.58. The van der Waals surface area contributed by atoms with E-state index in [1.165, 1.54) is 15.9 Å². The van der Waals surface area contributed by atoms with Gasteiger partial charge in [0.05, 0.1) is 24.2 Å². The average Bonchev–Trinajstić information content (AvgIpc) is 3.19. The molecule has 8 nitrogen and oxygen atoms in total. The Hall–Kier alpha value is -2.94. The standard InChI is InChI=1S/C18H19N3O5S/c1-2-25-16(23)10-12-11-27-17(19-12)20-15(22)8-5-9-21-13-6-3-4-7-14(13)26-18(21)24/h3-4,6-7,11H,2,5,8-10H2,1H3,(H,19,20,22). The number of hydrogen-bond donors (Lipinski definition) is 1. The lowest BCUT2D eigenvalue weighted by atomic mass is 10.3. The summed E-state index contributed by atoms with van der Waals surface area (Å²) in [5.41, 5.74) is 1.81. The van der Waals surface area contributed by atoms with Crippen molar-refractivity contribution < 1.29 is 18.7 Å². The number of ether oxygens (including phenoxy) is 1. The number of fused-ring (bicyclic) bond motifs is 1. The van der Waals surface area contributed by atoms with Gasteiger partial charge in [-0.25, -0.2) is 9.78 Å². The van der Waals surface area contributed by atoms with Crippen molar-refractivity contribution in [2.45, 2.75) is 32.7 Å². The van der Waals surface area contributed by atoms with Gasteiger partial charge < -0.3 is 14.5 Å². The van der Waals surface area contributed by atoms with E-state index in [-0.39, 0.29) is 24.7 Å². The summed E-state index contributed by atoms with van der Waals surface area (Å²) < 4.78 is 11.5. The maximum atomic E-state index is 12.1. The van der Waals surface area contributed by atoms with Crippen LogP contribution in [0.25, 0.3) is 11.1 Å². The van der Waals surface area contributed by atoms with Gasteiger partial charge in [-0.05, 0) is 25.5 Å². The van der Waals surface area contributed by atoms with Gasteiger partial charge in [-0.1, -0.05) is 12.1 Å². The number of carbonyl (C=O) groups is 2. The van der Waals surface area contributed by atoms with Crippen LogP contribution in [0.1, 0.15) is 25.5 Å². The van der Waals surface area contributed by atoms with Crippen molar-refractivity contribution >= 4 is 39.4 Å². The van der Waals surface area contributed by atoms with Crippen LogP contribution in [0, 0.1) is 0 Å². The van der Waals surface area contributed by atoms with Gasteiger partial charge in [-0.3, -0.25) is 14.2 Å². The minimum Gasteiger partial charge on any atom is -0.466 e. The number of aryl methyl sites for hydroxylation is 1. The average molecular weight is 389 g/mol. The first-order valence-electron chi connectivity index (χ1n) is 8.55. The Labute approximate surface area is 158 Å². The van der Waals surface area contributed by atoms with Crippen molar-refractivity contribution in [2.75, 3.05) is 11.9 Å². The van der Waals surface area contributed by atoms with Crippen LogP contribution >= 0.6 is 11.3 Å². The van der Waals surface area contributed by atoms with Crippen LogP contribution in [0.2, 0.25) is 0 Å². The number of rotatable bonds is 8. The molecule has 3 rings (SSSR count). The Morgan fingerprint density at radius 2 is 2.15 bits per heavy atom. The normalized spacial score (nSPS) is 10.9. The fraction of sp³-hybridized carbons (Fsp3) is 0.333. The Morgan fingerprint density at radius 3 is 2.96 bits per heavy atom. The molecular weight excluding hydrogens is 370 g/mol. The monoisotopic (exact) mass is 389 g/mol. The first kappa shape index (κ1) is 18.8. The largest absolute Gasteiger partial charge is 0.466 e. The van der Waals surface area contributed by atoms with Crippen molar-refractivity contribution in [3.63, 3.8) is 0 Å². The highest BCUT2D eigenvalue weighted by molar-refractivity contribution is 7.13. The zero-order chi connectivity index (χ0) is 19.2. The van der Waals surface area contributed by atoms with Gasteiger partial charge >= 0.3 is 11.7 Å². The number of esters is 1. The second-order valence-electron chi connectivity index (χ2n) is 5.76. The number of anilines is 1. The highest BCUT2D eigenvalue weighted by Gasteiger charge is 2.12. The van der Waals surface area contributed by atoms with Crippen LogP contribution in [-0.2, 0) is 27.3 Å². The number of carbonyl (C=O) groups excluding carboxylic acids is 2. The Kier molecular flexibility index (Phi) is 6.02. The van der Waals surface area contributed by atoms with Gasteiger partial charge in [0, 0.05) is 18.3 Å². The van der Waals surface area contributed by atoms with Crippen LogP contribution in [-0.4, -0.2) is 28.0 Å². The van der Waals surface area contributed by atoms with E-state index in [9.17, 15) is 14.4 Å². The number of thiazole rings is 1. The third-order valence-electron chi connectivity index (χ3n) is 3.79. The Morgan fingerprint density at radius 1 is 1.33 bits per heavy atom. The number of nitrogens with zero attached hydrogens (tertiary/aromatic N) is 2. The summed E-state index contributed by atoms with van der Waals surface area (Å²) in [4.78, 5) is 39.6. The molecule has 27 heavy (non-hydrogen) atoms. The molecule has 1 aromatic carbocycles. The zero-order valence-electron chi connectivity index (χ0n) is 14.8. The lowest BCUT2D eigenvalue weighted by Crippen LogP contribution is -2.17. The molecule has 1 N–H and O–H groups in total. The fourth-order valence-electron chi connectivity index (χ4n) is 2.61. The molecule has 0 radical (unpaired) electrons. The fourth-order valence-corrected chi connectivity index (χ4v) is 3.34. The number of amides is 1. The SMILES string of the molecule is CCOC(=O)Cc1csc(NC(=O)CCCn2c(=O)oc3ccccc32)n1. The van der Waals surface area contributed by atoms with Gasteiger partial charge in [-0.2, -0.15) is 0 Å². The van der Waals surface area contributed by atoms with E-state index in [1.807, 2.05) is 6.07 Å². The van der Waals surface area contributed by atoms with Crippen molar-refractivity contribution in [1.82, 2.24) is 9.55 Å². The maximum Gasteiger partial charge on any atom is 0.419 e. The van der Waals surface area contributed by atoms with Crippen LogP contribution in [0.15, 0.2) is 38.9 Å². The van der Waals surface area contributed by atoms with Gasteiger partial charge in [0.1, 0.15) is 0 Å². The first-order valence-corrected chi connectivity index (χ1v) is 9.43. The Balaban J connectivity index is 1.50. The molecule has 3 aromatic rings. The molecule has 0 atom stereocenters. The van der Waals surface area contributed by atoms with Crippen molar-refractivity contribution in [1.29, 1.82) is 0 Å². The summed E-state index contributed by atoms with van der Waals surface area (Å²) in [5, 5.41) is 4.85. The third-order valence-corrected chi connectivity index (χ3v) is 4.59. The summed E-state index contributed by atoms with van der Waals surface area (Å²) in [6, 6.07) is 7.17. The molecule has 0 saturated heterocycles. The van der Waals surface area contributed by atoms with E-state index in [2.05, 4.69) is 10.3 Å². The van der Waals surface area contributed by atoms with Gasteiger partial charge in [0.25, 0.3) is 0 Å². The summed E-state index contributed by atoms with van der Waals surface area (Å²) in [7, 11) is 0. The van der Waals surface area contributed by atoms with Crippen LogP contribution < -0.4 is 11.1 Å². The topological polar surface area (TPSA) is 103 Å². The second-order valence-corrected chi connectivity index (χ2v) is 6.62. The van der Waals surface area contributed by atoms with E-state index in [1.54, 1.807) is 30.5 Å². The molecule has 0 saturated carbocycles. The highest BCUT2D eigenvalue weighted by Crippen LogP contribution is 2.17. The van der Waals surface area contributed by atoms with E-state index >= 15 is 0 Å². The molecule has 2 heterocycles. The van der Waals surface area contributed by atoms with Gasteiger partial charge in [-0.15, -0.1) is 11.3 Å². The maximum absolute atomic E-state index is 12.1. The first-order chi connectivity index (χ1) is 13.1. The van der Waals surface area contributed by atoms with Crippen molar-refractivity contribution in [3.05, 3.63) is 45.9 Å². The number of nitrogens with one attached hydrogen (secondary N) is 1. The summed E-state index contributed by atoms with van der Waals surface area (Å²) in [6.45, 7) is 2.45. The minimum absolute atomic E-state index is 0.0801. The van der Waals surface area contributed by atoms with E-state index in [0.29, 0.717) is 41.5 Å². The molecule has 0 bridgehead atoms. The molecule has 0 fully saturated rings. The molecule has 1 amide bonds. The smallest absolute Gasteiger partial charge is 0.419 e. The number of para-hydroxylation sites is 2. The molecule has 142 valence electrons. The number of oxazole rings is 1. The molecule has 0 unspecified atom stereocenters. The summed E-state index contributed by atoms with van der Waals surface area (Å²) >= 11 is 1.25. The predicted molar refractivity (Wildman–Crippen MR) is 101 cm³/mol. The van der Waals surface area contributed by atoms with Gasteiger partial charge in [0.15, 0.2) is 10.7 Å². The molecule has 2 aromatic heterocycles. The molecule has 0 spiro atoms. The number of aromatic nitrogens is 2. The van der Waals surface area contributed by atoms with Crippen molar-refractivity contribution in [2.24, 2.45) is 0 Å². The van der Waals surface area contributed by atoms with E-state index < -0.39 is 5.76 Å². The quantitative estimate of drug-likeness (QED) is 0.594.